The second kappa shape index (κ2) is 10.1. The fourth-order valence-electron chi connectivity index (χ4n) is 3.65. The van der Waals surface area contributed by atoms with E-state index in [1.54, 1.807) is 18.2 Å². The Kier molecular flexibility index (Phi) is 7.45. The summed E-state index contributed by atoms with van der Waals surface area (Å²) in [6.07, 6.45) is 0.953. The molecule has 0 amide bonds. The Bertz CT molecular complexity index is 1520. The lowest BCUT2D eigenvalue weighted by Gasteiger charge is -2.29. The van der Waals surface area contributed by atoms with Crippen LogP contribution < -0.4 is 4.72 Å². The van der Waals surface area contributed by atoms with Crippen LogP contribution in [-0.4, -0.2) is 34.1 Å². The average Bonchev–Trinajstić information content (AvgIpc) is 3.21. The smallest absolute Gasteiger partial charge is 0.192 e. The van der Waals surface area contributed by atoms with Gasteiger partial charge >= 0.3 is 0 Å². The maximum absolute atomic E-state index is 14.8. The second-order valence-corrected chi connectivity index (χ2v) is 13.8. The van der Waals surface area contributed by atoms with Crippen molar-refractivity contribution in [3.05, 3.63) is 76.7 Å². The maximum atomic E-state index is 14.8. The van der Waals surface area contributed by atoms with E-state index in [2.05, 4.69) is 14.9 Å². The van der Waals surface area contributed by atoms with Crippen molar-refractivity contribution in [1.82, 2.24) is 14.9 Å². The Morgan fingerprint density at radius 3 is 2.58 bits per heavy atom. The molecule has 4 rings (SSSR count). The first-order valence-electron chi connectivity index (χ1n) is 11.0. The highest BCUT2D eigenvalue weighted by Gasteiger charge is 2.32. The van der Waals surface area contributed by atoms with Gasteiger partial charge in [-0.1, -0.05) is 41.0 Å². The average molecular weight is 550 g/mol. The molecule has 0 saturated heterocycles. The molecule has 2 aromatic carbocycles. The highest BCUT2D eigenvalue weighted by molar-refractivity contribution is 7.91. The molecule has 7 nitrogen and oxygen atoms in total. The van der Waals surface area contributed by atoms with Gasteiger partial charge in [0, 0.05) is 46.1 Å². The number of nitrogens with zero attached hydrogens (tertiary/aromatic N) is 2. The lowest BCUT2D eigenvalue weighted by atomic mass is 9.94. The van der Waals surface area contributed by atoms with Crippen LogP contribution in [0.15, 0.2) is 64.1 Å². The Morgan fingerprint density at radius 2 is 1.89 bits per heavy atom. The van der Waals surface area contributed by atoms with Crippen molar-refractivity contribution in [3.8, 4) is 11.3 Å². The molecule has 11 heteroatoms. The quantitative estimate of drug-likeness (QED) is 0.306. The van der Waals surface area contributed by atoms with E-state index in [1.165, 1.54) is 0 Å². The fraction of sp³-hybridized carbons (Fsp3) is 0.280. The molecule has 0 aliphatic heterocycles. The van der Waals surface area contributed by atoms with Gasteiger partial charge in [-0.25, -0.2) is 17.8 Å². The van der Waals surface area contributed by atoms with Crippen molar-refractivity contribution in [1.29, 1.82) is 0 Å². The highest BCUT2D eigenvalue weighted by atomic mass is 35.5. The summed E-state index contributed by atoms with van der Waals surface area (Å²) in [6.45, 7) is 5.45. The van der Waals surface area contributed by atoms with Gasteiger partial charge in [0.2, 0.25) is 0 Å². The van der Waals surface area contributed by atoms with Crippen LogP contribution in [0.4, 0.5) is 4.39 Å². The Morgan fingerprint density at radius 1 is 1.17 bits per heavy atom. The van der Waals surface area contributed by atoms with Gasteiger partial charge in [0.05, 0.1) is 11.7 Å². The van der Waals surface area contributed by atoms with E-state index in [4.69, 9.17) is 16.1 Å². The molecule has 4 aromatic rings. The summed E-state index contributed by atoms with van der Waals surface area (Å²) in [5, 5.41) is 5.24. The lowest BCUT2D eigenvalue weighted by molar-refractivity contribution is 0.459. The molecule has 0 spiro atoms. The van der Waals surface area contributed by atoms with Crippen LogP contribution >= 0.6 is 11.6 Å². The first kappa shape index (κ1) is 26.6. The number of rotatable bonds is 7. The molecular weight excluding hydrogens is 525 g/mol. The number of pyridine rings is 1. The minimum Gasteiger partial charge on any atom is -0.598 e. The molecule has 0 radical (unpaired) electrons. The van der Waals surface area contributed by atoms with Gasteiger partial charge in [0.1, 0.15) is 16.3 Å². The minimum atomic E-state index is -3.65. The van der Waals surface area contributed by atoms with Gasteiger partial charge in [-0.2, -0.15) is 0 Å². The topological polar surface area (TPSA) is 108 Å². The normalized spacial score (nSPS) is 14.2. The van der Waals surface area contributed by atoms with E-state index < -0.39 is 37.8 Å². The van der Waals surface area contributed by atoms with Crippen molar-refractivity contribution >= 4 is 43.8 Å². The molecule has 0 aliphatic carbocycles. The van der Waals surface area contributed by atoms with Crippen LogP contribution in [0.1, 0.15) is 38.1 Å². The second-order valence-electron chi connectivity index (χ2n) is 9.36. The van der Waals surface area contributed by atoms with Crippen LogP contribution in [0.25, 0.3) is 22.2 Å². The number of nitrogens with one attached hydrogen (secondary N) is 1. The highest BCUT2D eigenvalue weighted by Crippen LogP contribution is 2.36. The summed E-state index contributed by atoms with van der Waals surface area (Å²) in [6, 6.07) is 14.0. The van der Waals surface area contributed by atoms with Gasteiger partial charge in [0.25, 0.3) is 0 Å². The van der Waals surface area contributed by atoms with E-state index >= 15 is 0 Å². The largest absolute Gasteiger partial charge is 0.598 e. The number of hydrogen-bond acceptors (Lipinski definition) is 7. The first-order valence-corrected chi connectivity index (χ1v) is 14.4. The summed E-state index contributed by atoms with van der Waals surface area (Å²) in [5.74, 6) is -0.658. The fourth-order valence-corrected chi connectivity index (χ4v) is 5.23. The zero-order valence-corrected chi connectivity index (χ0v) is 22.5. The number of benzene rings is 2. The molecule has 1 unspecified atom stereocenters. The Balaban J connectivity index is 1.84. The van der Waals surface area contributed by atoms with Crippen LogP contribution in [0.3, 0.4) is 0 Å². The third kappa shape index (κ3) is 5.73. The van der Waals surface area contributed by atoms with Crippen LogP contribution in [-0.2, 0) is 27.6 Å². The van der Waals surface area contributed by atoms with Crippen LogP contribution in [0.2, 0.25) is 5.02 Å². The van der Waals surface area contributed by atoms with E-state index in [1.807, 2.05) is 45.0 Å². The van der Waals surface area contributed by atoms with Crippen molar-refractivity contribution in [2.75, 3.05) is 6.26 Å². The van der Waals surface area contributed by atoms with Gasteiger partial charge in [-0.3, -0.25) is 0 Å². The lowest BCUT2D eigenvalue weighted by Crippen LogP contribution is -2.42. The Hall–Kier alpha value is -2.50. The zero-order valence-electron chi connectivity index (χ0n) is 20.1. The van der Waals surface area contributed by atoms with Gasteiger partial charge in [0.15, 0.2) is 20.4 Å². The summed E-state index contributed by atoms with van der Waals surface area (Å²) < 4.78 is 60.0. The van der Waals surface area contributed by atoms with E-state index in [-0.39, 0.29) is 17.1 Å². The zero-order chi connectivity index (χ0) is 26.3. The number of halogens is 2. The van der Waals surface area contributed by atoms with E-state index in [9.17, 15) is 17.4 Å². The third-order valence-electron chi connectivity index (χ3n) is 5.50. The first-order chi connectivity index (χ1) is 16.8. The summed E-state index contributed by atoms with van der Waals surface area (Å²) in [5.41, 5.74) is 2.34. The third-order valence-corrected chi connectivity index (χ3v) is 8.33. The minimum absolute atomic E-state index is 0.0599. The molecule has 0 aliphatic rings. The summed E-state index contributed by atoms with van der Waals surface area (Å²) in [7, 11) is -3.65. The van der Waals surface area contributed by atoms with Gasteiger partial charge < -0.3 is 9.08 Å². The van der Waals surface area contributed by atoms with Crippen molar-refractivity contribution in [2.45, 2.75) is 43.0 Å². The standard InChI is InChI=1S/C25H25ClFN3O4S2/c1-25(2,3)35(31)30-20(14-21-19(27)11-12-23(28-21)36(4,32)33)16-7-5-6-8-17(16)24-18-10-9-15(26)13-22(18)34-29-24/h5-13,20,30H,14H2,1-4H3/t20?,35-/m0/s1. The molecular formula is C25H25ClFN3O4S2. The molecule has 2 atom stereocenters. The van der Waals surface area contributed by atoms with Crippen LogP contribution in [0, 0.1) is 5.82 Å². The van der Waals surface area contributed by atoms with Crippen LogP contribution in [0.5, 0.6) is 0 Å². The van der Waals surface area contributed by atoms with Crippen molar-refractivity contribution in [3.63, 3.8) is 0 Å². The monoisotopic (exact) mass is 549 g/mol. The number of aromatic nitrogens is 2. The van der Waals surface area contributed by atoms with E-state index in [0.29, 0.717) is 27.4 Å². The maximum Gasteiger partial charge on any atom is 0.192 e. The SMILES string of the molecule is CC(C)(C)[S@+]([O-])NC(Cc1nc(S(C)(=O)=O)ccc1F)c1ccccc1-c1noc2cc(Cl)ccc12. The van der Waals surface area contributed by atoms with Gasteiger partial charge in [-0.05, 0) is 50.6 Å². The Labute approximate surface area is 217 Å². The predicted octanol–water partition coefficient (Wildman–Crippen LogP) is 5.42. The molecule has 2 heterocycles. The molecule has 1 N–H and O–H groups in total. The molecule has 0 saturated carbocycles. The molecule has 0 bridgehead atoms. The summed E-state index contributed by atoms with van der Waals surface area (Å²) >= 11 is 4.55. The van der Waals surface area contributed by atoms with Crippen molar-refractivity contribution < 1.29 is 21.9 Å². The number of hydrogen-bond donors (Lipinski definition) is 1. The number of fused-ring (bicyclic) bond motifs is 1. The van der Waals surface area contributed by atoms with Crippen molar-refractivity contribution in [2.24, 2.45) is 0 Å². The van der Waals surface area contributed by atoms with E-state index in [0.717, 1.165) is 23.8 Å². The molecule has 0 fully saturated rings. The predicted molar refractivity (Wildman–Crippen MR) is 139 cm³/mol. The van der Waals surface area contributed by atoms with Gasteiger partial charge in [-0.15, -0.1) is 4.72 Å². The molecule has 36 heavy (non-hydrogen) atoms. The molecule has 190 valence electrons. The summed E-state index contributed by atoms with van der Waals surface area (Å²) in [4.78, 5) is 4.08. The number of sulfone groups is 1. The molecule has 2 aromatic heterocycles.